The first-order chi connectivity index (χ1) is 8.88. The van der Waals surface area contributed by atoms with Gasteiger partial charge in [0.15, 0.2) is 5.76 Å². The largest absolute Gasteiger partial charge is 0.399 e. The molecule has 6 nitrogen and oxygen atoms in total. The quantitative estimate of drug-likeness (QED) is 0.823. The van der Waals surface area contributed by atoms with Crippen molar-refractivity contribution in [1.82, 2.24) is 9.88 Å². The van der Waals surface area contributed by atoms with Crippen LogP contribution in [-0.4, -0.2) is 13.6 Å². The molecule has 0 unspecified atom stereocenters. The third-order valence-corrected chi connectivity index (χ3v) is 4.75. The zero-order valence-electron chi connectivity index (χ0n) is 10.1. The van der Waals surface area contributed by atoms with Gasteiger partial charge in [0.25, 0.3) is 0 Å². The van der Waals surface area contributed by atoms with Gasteiger partial charge in [-0.15, -0.1) is 0 Å². The Kier molecular flexibility index (Phi) is 3.93. The molecule has 0 fully saturated rings. The molecule has 0 bridgehead atoms. The third kappa shape index (κ3) is 3.34. The van der Waals surface area contributed by atoms with E-state index in [1.165, 1.54) is 6.07 Å². The van der Waals surface area contributed by atoms with E-state index in [9.17, 15) is 8.42 Å². The van der Waals surface area contributed by atoms with Gasteiger partial charge in [0.1, 0.15) is 0 Å². The molecule has 2 rings (SSSR count). The highest BCUT2D eigenvalue weighted by atomic mass is 79.9. The summed E-state index contributed by atoms with van der Waals surface area (Å²) in [6, 6.07) is 6.25. The molecule has 0 radical (unpaired) electrons. The van der Waals surface area contributed by atoms with Gasteiger partial charge in [-0.25, -0.2) is 13.1 Å². The van der Waals surface area contributed by atoms with E-state index in [4.69, 9.17) is 10.3 Å². The van der Waals surface area contributed by atoms with Crippen molar-refractivity contribution < 1.29 is 12.9 Å². The summed E-state index contributed by atoms with van der Waals surface area (Å²) >= 11 is 3.19. The first-order valence-electron chi connectivity index (χ1n) is 5.35. The highest BCUT2D eigenvalue weighted by Crippen LogP contribution is 2.24. The summed E-state index contributed by atoms with van der Waals surface area (Å²) in [5, 5.41) is 3.68. The SMILES string of the molecule is Cc1cc(CNS(=O)(=O)c2cc(N)ccc2Br)on1. The Hall–Kier alpha value is -1.38. The molecule has 0 saturated carbocycles. The molecule has 102 valence electrons. The van der Waals surface area contributed by atoms with Crippen molar-refractivity contribution in [3.05, 3.63) is 40.2 Å². The number of hydrogen-bond acceptors (Lipinski definition) is 5. The molecule has 0 spiro atoms. The number of benzene rings is 1. The summed E-state index contributed by atoms with van der Waals surface area (Å²) in [4.78, 5) is 0.0868. The van der Waals surface area contributed by atoms with Crippen LogP contribution in [0.25, 0.3) is 0 Å². The maximum absolute atomic E-state index is 12.1. The van der Waals surface area contributed by atoms with Crippen LogP contribution in [0.5, 0.6) is 0 Å². The summed E-state index contributed by atoms with van der Waals surface area (Å²) in [7, 11) is -3.67. The Morgan fingerprint density at radius 2 is 2.16 bits per heavy atom. The van der Waals surface area contributed by atoms with Crippen molar-refractivity contribution in [3.63, 3.8) is 0 Å². The van der Waals surface area contributed by atoms with Crippen LogP contribution in [-0.2, 0) is 16.6 Å². The normalized spacial score (nSPS) is 11.7. The molecule has 0 aliphatic heterocycles. The standard InChI is InChI=1S/C11H12BrN3O3S/c1-7-4-9(18-15-7)6-14-19(16,17)11-5-8(13)2-3-10(11)12/h2-5,14H,6,13H2,1H3. The molecule has 0 atom stereocenters. The van der Waals surface area contributed by atoms with Gasteiger partial charge in [0.05, 0.1) is 17.1 Å². The van der Waals surface area contributed by atoms with Crippen LogP contribution in [0, 0.1) is 6.92 Å². The van der Waals surface area contributed by atoms with Gasteiger partial charge in [-0.2, -0.15) is 0 Å². The van der Waals surface area contributed by atoms with E-state index in [1.807, 2.05) is 0 Å². The molecule has 0 aliphatic rings. The number of nitrogens with one attached hydrogen (secondary N) is 1. The first kappa shape index (κ1) is 14.0. The van der Waals surface area contributed by atoms with Crippen LogP contribution >= 0.6 is 15.9 Å². The number of rotatable bonds is 4. The minimum Gasteiger partial charge on any atom is -0.399 e. The molecular formula is C11H12BrN3O3S. The summed E-state index contributed by atoms with van der Waals surface area (Å²) in [6.45, 7) is 1.79. The molecule has 3 N–H and O–H groups in total. The molecule has 1 aromatic heterocycles. The number of halogens is 1. The van der Waals surface area contributed by atoms with E-state index in [2.05, 4.69) is 25.8 Å². The van der Waals surface area contributed by atoms with Crippen molar-refractivity contribution in [2.45, 2.75) is 18.4 Å². The lowest BCUT2D eigenvalue weighted by atomic mass is 10.3. The molecule has 0 amide bonds. The monoisotopic (exact) mass is 345 g/mol. The van der Waals surface area contributed by atoms with Gasteiger partial charge >= 0.3 is 0 Å². The minimum absolute atomic E-state index is 0.0322. The Balaban J connectivity index is 2.20. The molecule has 1 aromatic carbocycles. The fourth-order valence-corrected chi connectivity index (χ4v) is 3.46. The lowest BCUT2D eigenvalue weighted by Gasteiger charge is -2.07. The van der Waals surface area contributed by atoms with Crippen molar-refractivity contribution in [1.29, 1.82) is 0 Å². The maximum Gasteiger partial charge on any atom is 0.242 e. The van der Waals surface area contributed by atoms with Crippen molar-refractivity contribution in [2.24, 2.45) is 0 Å². The van der Waals surface area contributed by atoms with Crippen LogP contribution in [0.3, 0.4) is 0 Å². The topological polar surface area (TPSA) is 98.2 Å². The van der Waals surface area contributed by atoms with Crippen LogP contribution in [0.2, 0.25) is 0 Å². The van der Waals surface area contributed by atoms with E-state index >= 15 is 0 Å². The van der Waals surface area contributed by atoms with Crippen LogP contribution in [0.15, 0.2) is 38.2 Å². The molecule has 19 heavy (non-hydrogen) atoms. The number of anilines is 1. The number of sulfonamides is 1. The minimum atomic E-state index is -3.67. The maximum atomic E-state index is 12.1. The average molecular weight is 346 g/mol. The Labute approximate surface area is 119 Å². The second-order valence-electron chi connectivity index (χ2n) is 3.95. The van der Waals surface area contributed by atoms with Gasteiger partial charge in [-0.1, -0.05) is 5.16 Å². The van der Waals surface area contributed by atoms with E-state index in [0.717, 1.165) is 0 Å². The van der Waals surface area contributed by atoms with Crippen LogP contribution in [0.4, 0.5) is 5.69 Å². The number of aryl methyl sites for hydroxylation is 1. The highest BCUT2D eigenvalue weighted by molar-refractivity contribution is 9.10. The fraction of sp³-hybridized carbons (Fsp3) is 0.182. The lowest BCUT2D eigenvalue weighted by molar-refractivity contribution is 0.377. The van der Waals surface area contributed by atoms with Crippen molar-refractivity contribution >= 4 is 31.6 Å². The first-order valence-corrected chi connectivity index (χ1v) is 7.63. The highest BCUT2D eigenvalue weighted by Gasteiger charge is 2.18. The zero-order valence-corrected chi connectivity index (χ0v) is 12.5. The number of nitrogen functional groups attached to an aromatic ring is 1. The summed E-state index contributed by atoms with van der Waals surface area (Å²) in [5.41, 5.74) is 6.66. The van der Waals surface area contributed by atoms with Gasteiger partial charge in [0.2, 0.25) is 10.0 Å². The van der Waals surface area contributed by atoms with Crippen molar-refractivity contribution in [3.8, 4) is 0 Å². The van der Waals surface area contributed by atoms with Gasteiger partial charge in [0, 0.05) is 16.2 Å². The van der Waals surface area contributed by atoms with E-state index in [1.54, 1.807) is 25.1 Å². The number of nitrogens with two attached hydrogens (primary N) is 1. The lowest BCUT2D eigenvalue weighted by Crippen LogP contribution is -2.23. The summed E-state index contributed by atoms with van der Waals surface area (Å²) in [6.07, 6.45) is 0. The van der Waals surface area contributed by atoms with E-state index in [0.29, 0.717) is 21.6 Å². The molecule has 0 aliphatic carbocycles. The van der Waals surface area contributed by atoms with E-state index in [-0.39, 0.29) is 11.4 Å². The Bertz CT molecular complexity index is 697. The third-order valence-electron chi connectivity index (χ3n) is 2.36. The van der Waals surface area contributed by atoms with Crippen LogP contribution < -0.4 is 10.5 Å². The second kappa shape index (κ2) is 5.32. The van der Waals surface area contributed by atoms with Crippen LogP contribution in [0.1, 0.15) is 11.5 Å². The number of aromatic nitrogens is 1. The van der Waals surface area contributed by atoms with Gasteiger partial charge in [-0.3, -0.25) is 0 Å². The predicted molar refractivity (Wildman–Crippen MR) is 73.8 cm³/mol. The van der Waals surface area contributed by atoms with Crippen molar-refractivity contribution in [2.75, 3.05) is 5.73 Å². The number of nitrogens with zero attached hydrogens (tertiary/aromatic N) is 1. The Morgan fingerprint density at radius 1 is 1.42 bits per heavy atom. The molecule has 2 aromatic rings. The molecular weight excluding hydrogens is 334 g/mol. The Morgan fingerprint density at radius 3 is 2.79 bits per heavy atom. The second-order valence-corrected chi connectivity index (χ2v) is 6.54. The number of hydrogen-bond donors (Lipinski definition) is 2. The zero-order chi connectivity index (χ0) is 14.0. The average Bonchev–Trinajstić information content (AvgIpc) is 2.76. The summed E-state index contributed by atoms with van der Waals surface area (Å²) in [5.74, 6) is 0.445. The molecule has 1 heterocycles. The molecule has 0 saturated heterocycles. The molecule has 8 heteroatoms. The van der Waals surface area contributed by atoms with Gasteiger partial charge in [-0.05, 0) is 41.1 Å². The fourth-order valence-electron chi connectivity index (χ4n) is 1.47. The smallest absolute Gasteiger partial charge is 0.242 e. The van der Waals surface area contributed by atoms with E-state index < -0.39 is 10.0 Å². The summed E-state index contributed by atoms with van der Waals surface area (Å²) < 4.78 is 32.1. The van der Waals surface area contributed by atoms with Gasteiger partial charge < -0.3 is 10.3 Å². The predicted octanol–water partition coefficient (Wildman–Crippen LogP) is 1.81.